The van der Waals surface area contributed by atoms with Gasteiger partial charge in [-0.25, -0.2) is 4.79 Å². The lowest BCUT2D eigenvalue weighted by atomic mass is 10.2. The predicted octanol–water partition coefficient (Wildman–Crippen LogP) is 1.27. The van der Waals surface area contributed by atoms with Crippen LogP contribution in [0, 0.1) is 11.3 Å². The van der Waals surface area contributed by atoms with Crippen LogP contribution in [0.4, 0.5) is 0 Å². The largest absolute Gasteiger partial charge is 0.347 e. The fourth-order valence-electron chi connectivity index (χ4n) is 1.49. The van der Waals surface area contributed by atoms with E-state index in [9.17, 15) is 4.79 Å². The van der Waals surface area contributed by atoms with Crippen molar-refractivity contribution in [3.05, 3.63) is 16.3 Å². The van der Waals surface area contributed by atoms with Crippen LogP contribution in [0.1, 0.15) is 45.5 Å². The highest BCUT2D eigenvalue weighted by molar-refractivity contribution is 4.96. The molecule has 1 heterocycles. The second-order valence-electron chi connectivity index (χ2n) is 4.07. The van der Waals surface area contributed by atoms with Crippen molar-refractivity contribution in [1.29, 1.82) is 5.26 Å². The SMILES string of the molecule is CC(C)c1nn(CC#N)c(=O)n1C(C)C. The Balaban J connectivity index is 3.35. The van der Waals surface area contributed by atoms with Crippen LogP contribution in [0.3, 0.4) is 0 Å². The van der Waals surface area contributed by atoms with Crippen molar-refractivity contribution in [3.8, 4) is 6.07 Å². The quantitative estimate of drug-likeness (QED) is 0.751. The van der Waals surface area contributed by atoms with E-state index < -0.39 is 0 Å². The molecule has 0 amide bonds. The van der Waals surface area contributed by atoms with Gasteiger partial charge in [0.2, 0.25) is 0 Å². The fourth-order valence-corrected chi connectivity index (χ4v) is 1.49. The van der Waals surface area contributed by atoms with E-state index in [1.165, 1.54) is 4.68 Å². The molecule has 0 saturated heterocycles. The van der Waals surface area contributed by atoms with Crippen LogP contribution in [-0.2, 0) is 6.54 Å². The lowest BCUT2D eigenvalue weighted by Gasteiger charge is -2.10. The molecule has 0 aliphatic rings. The first-order valence-corrected chi connectivity index (χ1v) is 5.05. The normalized spacial score (nSPS) is 11.0. The van der Waals surface area contributed by atoms with E-state index in [-0.39, 0.29) is 24.2 Å². The van der Waals surface area contributed by atoms with Gasteiger partial charge in [-0.15, -0.1) is 0 Å². The minimum Gasteiger partial charge on any atom is -0.276 e. The maximum atomic E-state index is 11.8. The highest BCUT2D eigenvalue weighted by Gasteiger charge is 2.17. The lowest BCUT2D eigenvalue weighted by molar-refractivity contribution is 0.531. The van der Waals surface area contributed by atoms with Gasteiger partial charge in [0.25, 0.3) is 0 Å². The van der Waals surface area contributed by atoms with E-state index in [4.69, 9.17) is 5.26 Å². The van der Waals surface area contributed by atoms with Crippen molar-refractivity contribution in [3.63, 3.8) is 0 Å². The molecule has 1 aromatic heterocycles. The monoisotopic (exact) mass is 208 g/mol. The topological polar surface area (TPSA) is 63.6 Å². The zero-order valence-electron chi connectivity index (χ0n) is 9.56. The van der Waals surface area contributed by atoms with Gasteiger partial charge in [-0.05, 0) is 13.8 Å². The third kappa shape index (κ3) is 2.09. The first kappa shape index (κ1) is 11.5. The molecule has 0 aliphatic carbocycles. The zero-order chi connectivity index (χ0) is 11.6. The molecule has 0 bridgehead atoms. The van der Waals surface area contributed by atoms with E-state index in [0.29, 0.717) is 0 Å². The highest BCUT2D eigenvalue weighted by Crippen LogP contribution is 2.13. The van der Waals surface area contributed by atoms with Crippen molar-refractivity contribution in [2.24, 2.45) is 0 Å². The van der Waals surface area contributed by atoms with Gasteiger partial charge >= 0.3 is 5.69 Å². The summed E-state index contributed by atoms with van der Waals surface area (Å²) in [6.07, 6.45) is 0. The molecule has 0 unspecified atom stereocenters. The van der Waals surface area contributed by atoms with Gasteiger partial charge in [-0.3, -0.25) is 4.57 Å². The first-order chi connectivity index (χ1) is 6.99. The van der Waals surface area contributed by atoms with Crippen LogP contribution in [0.5, 0.6) is 0 Å². The zero-order valence-corrected chi connectivity index (χ0v) is 9.56. The second-order valence-corrected chi connectivity index (χ2v) is 4.07. The number of hydrogen-bond donors (Lipinski definition) is 0. The summed E-state index contributed by atoms with van der Waals surface area (Å²) < 4.78 is 2.86. The van der Waals surface area contributed by atoms with Gasteiger partial charge < -0.3 is 0 Å². The molecule has 0 aromatic carbocycles. The van der Waals surface area contributed by atoms with Crippen molar-refractivity contribution in [2.75, 3.05) is 0 Å². The van der Waals surface area contributed by atoms with Crippen molar-refractivity contribution in [2.45, 2.75) is 46.2 Å². The summed E-state index contributed by atoms with van der Waals surface area (Å²) in [5, 5.41) is 12.7. The van der Waals surface area contributed by atoms with Crippen LogP contribution < -0.4 is 5.69 Å². The maximum Gasteiger partial charge on any atom is 0.347 e. The van der Waals surface area contributed by atoms with Gasteiger partial charge in [0.15, 0.2) is 0 Å². The summed E-state index contributed by atoms with van der Waals surface area (Å²) in [5.41, 5.74) is -0.199. The Morgan fingerprint density at radius 1 is 1.40 bits per heavy atom. The van der Waals surface area contributed by atoms with E-state index in [2.05, 4.69) is 5.10 Å². The molecule has 0 fully saturated rings. The van der Waals surface area contributed by atoms with Crippen LogP contribution in [0.2, 0.25) is 0 Å². The lowest BCUT2D eigenvalue weighted by Crippen LogP contribution is -2.26. The summed E-state index contributed by atoms with van der Waals surface area (Å²) in [7, 11) is 0. The molecule has 1 aromatic rings. The van der Waals surface area contributed by atoms with Crippen LogP contribution in [0.25, 0.3) is 0 Å². The number of hydrogen-bond acceptors (Lipinski definition) is 3. The minimum absolute atomic E-state index is 0.0122. The Morgan fingerprint density at radius 2 is 2.00 bits per heavy atom. The Kier molecular flexibility index (Phi) is 3.30. The summed E-state index contributed by atoms with van der Waals surface area (Å²) in [4.78, 5) is 11.8. The highest BCUT2D eigenvalue weighted by atomic mass is 16.2. The van der Waals surface area contributed by atoms with Crippen molar-refractivity contribution in [1.82, 2.24) is 14.3 Å². The van der Waals surface area contributed by atoms with Crippen LogP contribution in [-0.4, -0.2) is 14.3 Å². The Morgan fingerprint density at radius 3 is 2.33 bits per heavy atom. The summed E-state index contributed by atoms with van der Waals surface area (Å²) in [5.74, 6) is 0.922. The molecular formula is C10H16N4O. The average molecular weight is 208 g/mol. The molecule has 1 rings (SSSR count). The third-order valence-electron chi connectivity index (χ3n) is 2.15. The molecule has 0 spiro atoms. The molecule has 0 N–H and O–H groups in total. The van der Waals surface area contributed by atoms with Crippen LogP contribution in [0.15, 0.2) is 4.79 Å². The number of nitrogens with zero attached hydrogens (tertiary/aromatic N) is 4. The van der Waals surface area contributed by atoms with Gasteiger partial charge in [0.1, 0.15) is 12.4 Å². The van der Waals surface area contributed by atoms with Crippen LogP contribution >= 0.6 is 0 Å². The van der Waals surface area contributed by atoms with Gasteiger partial charge in [-0.1, -0.05) is 13.8 Å². The Bertz CT molecular complexity index is 433. The average Bonchev–Trinajstić information content (AvgIpc) is 2.44. The molecule has 15 heavy (non-hydrogen) atoms. The first-order valence-electron chi connectivity index (χ1n) is 5.05. The molecule has 0 saturated carbocycles. The molecule has 0 atom stereocenters. The Labute approximate surface area is 88.9 Å². The fraction of sp³-hybridized carbons (Fsp3) is 0.700. The molecular weight excluding hydrogens is 192 g/mol. The number of aromatic nitrogens is 3. The molecule has 5 nitrogen and oxygen atoms in total. The number of nitriles is 1. The maximum absolute atomic E-state index is 11.8. The van der Waals surface area contributed by atoms with E-state index >= 15 is 0 Å². The van der Waals surface area contributed by atoms with E-state index in [0.717, 1.165) is 5.82 Å². The molecule has 82 valence electrons. The summed E-state index contributed by atoms with van der Waals surface area (Å²) >= 11 is 0. The second kappa shape index (κ2) is 4.30. The summed E-state index contributed by atoms with van der Waals surface area (Å²) in [6.45, 7) is 7.85. The van der Waals surface area contributed by atoms with Crippen molar-refractivity contribution < 1.29 is 0 Å². The van der Waals surface area contributed by atoms with Gasteiger partial charge in [0, 0.05) is 12.0 Å². The minimum atomic E-state index is -0.199. The molecule has 0 radical (unpaired) electrons. The number of rotatable bonds is 3. The van der Waals surface area contributed by atoms with E-state index in [1.807, 2.05) is 33.8 Å². The van der Waals surface area contributed by atoms with E-state index in [1.54, 1.807) is 4.57 Å². The molecule has 5 heteroatoms. The Hall–Kier alpha value is -1.57. The van der Waals surface area contributed by atoms with Gasteiger partial charge in [-0.2, -0.15) is 15.0 Å². The molecule has 0 aliphatic heterocycles. The predicted molar refractivity (Wildman–Crippen MR) is 56.6 cm³/mol. The van der Waals surface area contributed by atoms with Crippen molar-refractivity contribution >= 4 is 0 Å². The standard InChI is InChI=1S/C10H16N4O/c1-7(2)9-12-13(6-5-11)10(15)14(9)8(3)4/h7-8H,6H2,1-4H3. The summed E-state index contributed by atoms with van der Waals surface area (Å²) in [6, 6.07) is 2.00. The van der Waals surface area contributed by atoms with Gasteiger partial charge in [0.05, 0.1) is 6.07 Å². The third-order valence-corrected chi connectivity index (χ3v) is 2.15. The smallest absolute Gasteiger partial charge is 0.276 e.